The first-order valence-corrected chi connectivity index (χ1v) is 8.18. The summed E-state index contributed by atoms with van der Waals surface area (Å²) in [5.74, 6) is 0. The molecule has 0 aliphatic heterocycles. The van der Waals surface area contributed by atoms with Gasteiger partial charge >= 0.3 is 12.2 Å². The zero-order valence-electron chi connectivity index (χ0n) is 13.4. The number of rotatable bonds is 2. The Labute approximate surface area is 145 Å². The molecule has 3 aromatic rings. The summed E-state index contributed by atoms with van der Waals surface area (Å²) in [6.07, 6.45) is -4.55. The fourth-order valence-electron chi connectivity index (χ4n) is 2.51. The number of nitrogens with zero attached hydrogens (tertiary/aromatic N) is 1. The molecule has 0 aliphatic carbocycles. The largest absolute Gasteiger partial charge is 0.418 e. The lowest BCUT2D eigenvalue weighted by molar-refractivity contribution is -0.136. The number of hydrogen-bond acceptors (Lipinski definition) is 3. The second-order valence-electron chi connectivity index (χ2n) is 5.57. The fourth-order valence-corrected chi connectivity index (χ4v) is 3.55. The minimum absolute atomic E-state index is 0.305. The van der Waals surface area contributed by atoms with Gasteiger partial charge in [-0.1, -0.05) is 29.5 Å². The SMILES string of the molecule is Cc1cc(C)c2nc(NC(=O)Nc3ccccc3C(F)(F)F)sc2c1. The maximum absolute atomic E-state index is 13.0. The Hall–Kier alpha value is -2.61. The molecule has 0 spiro atoms. The van der Waals surface area contributed by atoms with Gasteiger partial charge in [0, 0.05) is 0 Å². The highest BCUT2D eigenvalue weighted by Gasteiger charge is 2.33. The van der Waals surface area contributed by atoms with Gasteiger partial charge in [-0.3, -0.25) is 5.32 Å². The predicted octanol–water partition coefficient (Wildman–Crippen LogP) is 5.58. The second kappa shape index (κ2) is 6.36. The van der Waals surface area contributed by atoms with E-state index in [1.54, 1.807) is 0 Å². The molecule has 4 nitrogen and oxygen atoms in total. The Balaban J connectivity index is 1.81. The van der Waals surface area contributed by atoms with E-state index in [1.165, 1.54) is 29.5 Å². The van der Waals surface area contributed by atoms with E-state index in [1.807, 2.05) is 26.0 Å². The predicted molar refractivity (Wildman–Crippen MR) is 93.2 cm³/mol. The molecule has 0 aliphatic rings. The summed E-state index contributed by atoms with van der Waals surface area (Å²) < 4.78 is 39.8. The monoisotopic (exact) mass is 365 g/mol. The van der Waals surface area contributed by atoms with E-state index in [0.29, 0.717) is 5.13 Å². The molecule has 0 saturated heterocycles. The molecule has 0 fully saturated rings. The molecule has 0 atom stereocenters. The Kier molecular flexibility index (Phi) is 4.38. The minimum Gasteiger partial charge on any atom is -0.307 e. The number of benzene rings is 2. The summed E-state index contributed by atoms with van der Waals surface area (Å²) in [5.41, 5.74) is 1.61. The van der Waals surface area contributed by atoms with E-state index >= 15 is 0 Å². The molecule has 0 unspecified atom stereocenters. The number of carbonyl (C=O) groups is 1. The van der Waals surface area contributed by atoms with Crippen LogP contribution in [0.3, 0.4) is 0 Å². The molecule has 0 saturated carbocycles. The number of carbonyl (C=O) groups excluding carboxylic acids is 1. The van der Waals surface area contributed by atoms with Crippen molar-refractivity contribution in [3.8, 4) is 0 Å². The molecule has 8 heteroatoms. The number of anilines is 2. The number of amides is 2. The van der Waals surface area contributed by atoms with Crippen molar-refractivity contribution in [3.05, 3.63) is 53.1 Å². The number of para-hydroxylation sites is 1. The van der Waals surface area contributed by atoms with Crippen LogP contribution in [0, 0.1) is 13.8 Å². The van der Waals surface area contributed by atoms with E-state index in [2.05, 4.69) is 15.6 Å². The molecule has 2 aromatic carbocycles. The van der Waals surface area contributed by atoms with E-state index in [4.69, 9.17) is 0 Å². The summed E-state index contributed by atoms with van der Waals surface area (Å²) in [6.45, 7) is 3.87. The van der Waals surface area contributed by atoms with Crippen molar-refractivity contribution in [1.82, 2.24) is 4.98 Å². The first kappa shape index (κ1) is 17.2. The molecule has 2 N–H and O–H groups in total. The van der Waals surface area contributed by atoms with E-state index < -0.39 is 17.8 Å². The lowest BCUT2D eigenvalue weighted by atomic mass is 10.1. The molecule has 1 aromatic heterocycles. The van der Waals surface area contributed by atoms with Crippen molar-refractivity contribution in [2.75, 3.05) is 10.6 Å². The van der Waals surface area contributed by atoms with Gasteiger partial charge in [0.2, 0.25) is 0 Å². The maximum Gasteiger partial charge on any atom is 0.418 e. The lowest BCUT2D eigenvalue weighted by Crippen LogP contribution is -2.21. The molecule has 2 amide bonds. The number of fused-ring (bicyclic) bond motifs is 1. The van der Waals surface area contributed by atoms with Crippen molar-refractivity contribution in [3.63, 3.8) is 0 Å². The van der Waals surface area contributed by atoms with Gasteiger partial charge in [-0.15, -0.1) is 0 Å². The molecular formula is C17H14F3N3OS. The third-order valence-corrected chi connectivity index (χ3v) is 4.45. The van der Waals surface area contributed by atoms with Crippen LogP contribution in [0.25, 0.3) is 10.2 Å². The van der Waals surface area contributed by atoms with Crippen LogP contribution in [0.2, 0.25) is 0 Å². The fraction of sp³-hybridized carbons (Fsp3) is 0.176. The lowest BCUT2D eigenvalue weighted by Gasteiger charge is -2.13. The van der Waals surface area contributed by atoms with Gasteiger partial charge in [-0.2, -0.15) is 13.2 Å². The van der Waals surface area contributed by atoms with Crippen LogP contribution in [-0.2, 0) is 6.18 Å². The number of thiazole rings is 1. The summed E-state index contributed by atoms with van der Waals surface area (Å²) in [4.78, 5) is 16.4. The number of alkyl halides is 3. The van der Waals surface area contributed by atoms with Crippen LogP contribution in [0.15, 0.2) is 36.4 Å². The second-order valence-corrected chi connectivity index (χ2v) is 6.60. The number of hydrogen-bond donors (Lipinski definition) is 2. The number of urea groups is 1. The van der Waals surface area contributed by atoms with Crippen molar-refractivity contribution in [1.29, 1.82) is 0 Å². The van der Waals surface area contributed by atoms with Gasteiger partial charge in [-0.05, 0) is 43.2 Å². The van der Waals surface area contributed by atoms with E-state index in [9.17, 15) is 18.0 Å². The summed E-state index contributed by atoms with van der Waals surface area (Å²) in [5, 5.41) is 5.05. The summed E-state index contributed by atoms with van der Waals surface area (Å²) in [7, 11) is 0. The van der Waals surface area contributed by atoms with Gasteiger partial charge in [0.05, 0.1) is 21.5 Å². The van der Waals surface area contributed by atoms with Gasteiger partial charge in [0.1, 0.15) is 0 Å². The van der Waals surface area contributed by atoms with Crippen molar-refractivity contribution < 1.29 is 18.0 Å². The topological polar surface area (TPSA) is 54.0 Å². The first-order valence-electron chi connectivity index (χ1n) is 7.36. The third kappa shape index (κ3) is 3.74. The highest BCUT2D eigenvalue weighted by Crippen LogP contribution is 2.35. The van der Waals surface area contributed by atoms with Crippen LogP contribution in [0.5, 0.6) is 0 Å². The molecular weight excluding hydrogens is 351 g/mol. The molecule has 1 heterocycles. The van der Waals surface area contributed by atoms with E-state index in [-0.39, 0.29) is 5.69 Å². The Morgan fingerprint density at radius 2 is 1.84 bits per heavy atom. The number of aryl methyl sites for hydroxylation is 2. The maximum atomic E-state index is 13.0. The number of nitrogens with one attached hydrogen (secondary N) is 2. The third-order valence-electron chi connectivity index (χ3n) is 3.53. The minimum atomic E-state index is -4.55. The number of halogens is 3. The Morgan fingerprint density at radius 3 is 2.56 bits per heavy atom. The average Bonchev–Trinajstić information content (AvgIpc) is 2.89. The van der Waals surface area contributed by atoms with Crippen molar-refractivity contribution >= 4 is 38.4 Å². The standard InChI is InChI=1S/C17H14F3N3OS/c1-9-7-10(2)14-13(8-9)25-16(22-14)23-15(24)21-12-6-4-3-5-11(12)17(18,19)20/h3-8H,1-2H3,(H2,21,22,23,24). The summed E-state index contributed by atoms with van der Waals surface area (Å²) >= 11 is 1.27. The van der Waals surface area contributed by atoms with Gasteiger partial charge in [0.25, 0.3) is 0 Å². The molecule has 0 bridgehead atoms. The van der Waals surface area contributed by atoms with Gasteiger partial charge in [0.15, 0.2) is 5.13 Å². The van der Waals surface area contributed by atoms with Crippen LogP contribution in [0.4, 0.5) is 28.8 Å². The van der Waals surface area contributed by atoms with Gasteiger partial charge in [-0.25, -0.2) is 9.78 Å². The zero-order valence-corrected chi connectivity index (χ0v) is 14.2. The molecule has 0 radical (unpaired) electrons. The quantitative estimate of drug-likeness (QED) is 0.623. The highest BCUT2D eigenvalue weighted by molar-refractivity contribution is 7.22. The normalized spacial score (nSPS) is 11.6. The van der Waals surface area contributed by atoms with Crippen molar-refractivity contribution in [2.24, 2.45) is 0 Å². The van der Waals surface area contributed by atoms with Gasteiger partial charge < -0.3 is 5.32 Å². The number of aromatic nitrogens is 1. The first-order chi connectivity index (χ1) is 11.7. The summed E-state index contributed by atoms with van der Waals surface area (Å²) in [6, 6.07) is 7.96. The van der Waals surface area contributed by atoms with E-state index in [0.717, 1.165) is 27.4 Å². The average molecular weight is 365 g/mol. The van der Waals surface area contributed by atoms with Crippen LogP contribution in [-0.4, -0.2) is 11.0 Å². The van der Waals surface area contributed by atoms with Crippen molar-refractivity contribution in [2.45, 2.75) is 20.0 Å². The highest BCUT2D eigenvalue weighted by atomic mass is 32.1. The van der Waals surface area contributed by atoms with Crippen LogP contribution >= 0.6 is 11.3 Å². The Morgan fingerprint density at radius 1 is 1.12 bits per heavy atom. The van der Waals surface area contributed by atoms with Crippen LogP contribution in [0.1, 0.15) is 16.7 Å². The Bertz CT molecular complexity index is 950. The smallest absolute Gasteiger partial charge is 0.307 e. The zero-order chi connectivity index (χ0) is 18.2. The van der Waals surface area contributed by atoms with Crippen LogP contribution < -0.4 is 10.6 Å². The molecule has 25 heavy (non-hydrogen) atoms. The molecule has 130 valence electrons. The molecule has 3 rings (SSSR count).